The lowest BCUT2D eigenvalue weighted by molar-refractivity contribution is -0.482. The zero-order chi connectivity index (χ0) is 36.1. The van der Waals surface area contributed by atoms with Crippen molar-refractivity contribution < 1.29 is 123 Å². The molecule has 0 spiro atoms. The monoisotopic (exact) mass is 715 g/mol. The maximum atomic E-state index is 13.6. The average molecular weight is 715 g/mol. The van der Waals surface area contributed by atoms with Crippen LogP contribution in [-0.2, 0) is 0 Å². The van der Waals surface area contributed by atoms with Gasteiger partial charge in [-0.15, -0.1) is 0 Å². The molecule has 1 radical (unpaired) electrons. The minimum atomic E-state index is -9.81. The highest BCUT2D eigenvalue weighted by Crippen LogP contribution is 2.68. The number of halogens is 28. The maximum absolute atomic E-state index is 13.6. The highest BCUT2D eigenvalue weighted by atomic mass is 19.4. The molecule has 0 aromatic rings. The minimum absolute atomic E-state index is 0.672. The van der Waals surface area contributed by atoms with Crippen LogP contribution in [0.25, 0.3) is 0 Å². The third-order valence-electron chi connectivity index (χ3n) is 5.10. The van der Waals surface area contributed by atoms with Crippen LogP contribution in [0.5, 0.6) is 0 Å². The van der Waals surface area contributed by atoms with Gasteiger partial charge in [0, 0.05) is 6.92 Å². The van der Waals surface area contributed by atoms with Gasteiger partial charge in [-0.25, -0.2) is 8.78 Å². The van der Waals surface area contributed by atoms with Crippen LogP contribution in [-0.4, -0.2) is 83.4 Å². The minimum Gasteiger partial charge on any atom is -0.203 e. The Bertz CT molecular complexity index is 1010. The zero-order valence-electron chi connectivity index (χ0n) is 18.4. The molecule has 0 fully saturated rings. The van der Waals surface area contributed by atoms with E-state index in [0.29, 0.717) is 6.92 Å². The van der Waals surface area contributed by atoms with Gasteiger partial charge >= 0.3 is 83.4 Å². The summed E-state index contributed by atoms with van der Waals surface area (Å²) in [6, 6.07) is 0. The van der Waals surface area contributed by atoms with Gasteiger partial charge in [-0.2, -0.15) is 114 Å². The summed E-state index contributed by atoms with van der Waals surface area (Å²) in [5.74, 6) is -118. The van der Waals surface area contributed by atoms with Crippen LogP contribution in [0.4, 0.5) is 123 Å². The third-order valence-corrected chi connectivity index (χ3v) is 5.10. The van der Waals surface area contributed by atoms with Crippen molar-refractivity contribution in [3.05, 3.63) is 6.92 Å². The van der Waals surface area contributed by atoms with Crippen LogP contribution in [0.3, 0.4) is 0 Å². The summed E-state index contributed by atoms with van der Waals surface area (Å²) < 4.78 is 368. The number of hydrogen-bond donors (Lipinski definition) is 0. The second-order valence-corrected chi connectivity index (χ2v) is 7.95. The van der Waals surface area contributed by atoms with Crippen molar-refractivity contribution >= 4 is 0 Å². The lowest BCUT2D eigenvalue weighted by Crippen LogP contribution is -2.79. The average Bonchev–Trinajstić information content (AvgIpc) is 2.76. The molecule has 0 amide bonds. The van der Waals surface area contributed by atoms with Gasteiger partial charge in [-0.3, -0.25) is 0 Å². The molecule has 0 bridgehead atoms. The summed E-state index contributed by atoms with van der Waals surface area (Å²) in [7, 11) is 0. The largest absolute Gasteiger partial charge is 0.385 e. The molecule has 43 heavy (non-hydrogen) atoms. The molecular weight excluding hydrogens is 712 g/mol. The molecule has 0 unspecified atom stereocenters. The number of hydrogen-bond acceptors (Lipinski definition) is 0. The summed E-state index contributed by atoms with van der Waals surface area (Å²) in [5, 5.41) is 0. The zero-order valence-corrected chi connectivity index (χ0v) is 18.4. The van der Waals surface area contributed by atoms with E-state index in [9.17, 15) is 123 Å². The molecule has 0 aromatic carbocycles. The van der Waals surface area contributed by atoms with E-state index in [2.05, 4.69) is 0 Å². The fourth-order valence-corrected chi connectivity index (χ4v) is 2.35. The fourth-order valence-electron chi connectivity index (χ4n) is 2.35. The lowest BCUT2D eigenvalue weighted by atomic mass is 9.83. The molecule has 0 N–H and O–H groups in total. The van der Waals surface area contributed by atoms with Gasteiger partial charge in [-0.05, 0) is 0 Å². The molecule has 259 valence electrons. The SMILES string of the molecule is [CH2]C(F)(F)C(F)(F)C(F)(F)C(F)(F)C(F)(F)C(F)(F)C(F)(F)C(F)(F)C(F)(F)C(F)(F)C(F)(F)C(F)(F)C(F)(F)C(F)F. The first-order valence-corrected chi connectivity index (χ1v) is 8.99. The first-order valence-electron chi connectivity index (χ1n) is 8.99. The van der Waals surface area contributed by atoms with E-state index >= 15 is 0 Å². The molecule has 0 aliphatic heterocycles. The lowest BCUT2D eigenvalue weighted by Gasteiger charge is -2.46. The Hall–Kier alpha value is -1.96. The Labute approximate surface area is 214 Å². The second-order valence-electron chi connectivity index (χ2n) is 7.95. The Morgan fingerprint density at radius 2 is 0.395 bits per heavy atom. The quantitative estimate of drug-likeness (QED) is 0.167. The third kappa shape index (κ3) is 4.62. The number of alkyl halides is 28. The van der Waals surface area contributed by atoms with Crippen molar-refractivity contribution in [2.45, 2.75) is 83.4 Å². The molecule has 0 saturated carbocycles. The van der Waals surface area contributed by atoms with Gasteiger partial charge in [0.25, 0.3) is 0 Å². The van der Waals surface area contributed by atoms with Gasteiger partial charge < -0.3 is 0 Å². The Morgan fingerprint density at radius 1 is 0.256 bits per heavy atom. The van der Waals surface area contributed by atoms with Crippen LogP contribution in [0.2, 0.25) is 0 Å². The molecule has 0 aliphatic carbocycles. The van der Waals surface area contributed by atoms with E-state index in [4.69, 9.17) is 0 Å². The first-order chi connectivity index (χ1) is 17.9. The van der Waals surface area contributed by atoms with E-state index in [1.54, 1.807) is 0 Å². The van der Waals surface area contributed by atoms with Crippen molar-refractivity contribution in [3.63, 3.8) is 0 Å². The fraction of sp³-hybridized carbons (Fsp3) is 0.933. The predicted octanol–water partition coefficient (Wildman–Crippen LogP) is 9.34. The highest BCUT2D eigenvalue weighted by molar-refractivity contribution is 5.21. The van der Waals surface area contributed by atoms with Crippen molar-refractivity contribution in [1.82, 2.24) is 0 Å². The first kappa shape index (κ1) is 41.0. The Morgan fingerprint density at radius 3 is 0.535 bits per heavy atom. The molecular formula is C15H3F28. The van der Waals surface area contributed by atoms with E-state index in [-0.39, 0.29) is 0 Å². The van der Waals surface area contributed by atoms with E-state index in [0.717, 1.165) is 0 Å². The molecule has 0 heterocycles. The van der Waals surface area contributed by atoms with Crippen LogP contribution >= 0.6 is 0 Å². The molecule has 0 aliphatic rings. The van der Waals surface area contributed by atoms with Gasteiger partial charge in [-0.1, -0.05) is 0 Å². The van der Waals surface area contributed by atoms with Gasteiger partial charge in [0.15, 0.2) is 0 Å². The summed E-state index contributed by atoms with van der Waals surface area (Å²) in [5.41, 5.74) is 0. The molecule has 0 nitrogen and oxygen atoms in total. The number of rotatable bonds is 13. The van der Waals surface area contributed by atoms with E-state index < -0.39 is 83.4 Å². The smallest absolute Gasteiger partial charge is 0.203 e. The van der Waals surface area contributed by atoms with Crippen molar-refractivity contribution in [3.8, 4) is 0 Å². The molecule has 0 aromatic heterocycles. The van der Waals surface area contributed by atoms with E-state index in [1.807, 2.05) is 0 Å². The molecule has 28 heteroatoms. The standard InChI is InChI=1S/C15H3F28/c1-3(18,19)5(22,23)7(26,27)9(30,31)11(34,35)13(38,39)15(42,43)14(40,41)12(36,37)10(32,33)8(28,29)6(24,25)4(20,21)2(16)17/h2H,1H2. The summed E-state index contributed by atoms with van der Waals surface area (Å²) in [6.45, 7) is 0.672. The second kappa shape index (κ2) is 9.77. The van der Waals surface area contributed by atoms with E-state index in [1.165, 1.54) is 0 Å². The normalized spacial score (nSPS) is 17.2. The summed E-state index contributed by atoms with van der Waals surface area (Å²) >= 11 is 0. The Balaban J connectivity index is 7.47. The molecule has 0 rings (SSSR count). The predicted molar refractivity (Wildman–Crippen MR) is 75.7 cm³/mol. The molecule has 0 atom stereocenters. The van der Waals surface area contributed by atoms with Crippen LogP contribution in [0.1, 0.15) is 0 Å². The summed E-state index contributed by atoms with van der Waals surface area (Å²) in [6.07, 6.45) is -6.37. The summed E-state index contributed by atoms with van der Waals surface area (Å²) in [4.78, 5) is 0. The van der Waals surface area contributed by atoms with Gasteiger partial charge in [0.1, 0.15) is 0 Å². The maximum Gasteiger partial charge on any atom is 0.385 e. The van der Waals surface area contributed by atoms with Gasteiger partial charge in [0.2, 0.25) is 0 Å². The van der Waals surface area contributed by atoms with Crippen LogP contribution < -0.4 is 0 Å². The van der Waals surface area contributed by atoms with Gasteiger partial charge in [0.05, 0.1) is 0 Å². The van der Waals surface area contributed by atoms with Crippen molar-refractivity contribution in [2.75, 3.05) is 0 Å². The highest BCUT2D eigenvalue weighted by Gasteiger charge is 3.00. The molecule has 0 saturated heterocycles. The van der Waals surface area contributed by atoms with Crippen molar-refractivity contribution in [2.24, 2.45) is 0 Å². The Kier molecular flexibility index (Phi) is 9.32. The van der Waals surface area contributed by atoms with Crippen LogP contribution in [0, 0.1) is 6.92 Å². The van der Waals surface area contributed by atoms with Crippen LogP contribution in [0.15, 0.2) is 0 Å². The van der Waals surface area contributed by atoms with Crippen molar-refractivity contribution in [1.29, 1.82) is 0 Å². The topological polar surface area (TPSA) is 0 Å².